The van der Waals surface area contributed by atoms with Crippen LogP contribution in [-0.4, -0.2) is 50.8 Å². The number of hydrogen-bond acceptors (Lipinski definition) is 5. The number of carbonyl (C=O) groups excluding carboxylic acids is 1. The fourth-order valence-electron chi connectivity index (χ4n) is 4.10. The van der Waals surface area contributed by atoms with Gasteiger partial charge in [0, 0.05) is 19.6 Å². The minimum absolute atomic E-state index is 0.110. The number of carbonyl (C=O) groups is 1. The lowest BCUT2D eigenvalue weighted by Crippen LogP contribution is -2.44. The van der Waals surface area contributed by atoms with E-state index in [4.69, 9.17) is 9.47 Å². The first-order chi connectivity index (χ1) is 16.4. The molecule has 1 aliphatic heterocycles. The number of sulfonamides is 1. The molecule has 3 aromatic rings. The average molecular weight is 481 g/mol. The highest BCUT2D eigenvalue weighted by molar-refractivity contribution is 7.89. The lowest BCUT2D eigenvalue weighted by molar-refractivity contribution is -0.132. The monoisotopic (exact) mass is 480 g/mol. The smallest absolute Gasteiger partial charge is 0.243 e. The molecule has 8 heteroatoms. The minimum atomic E-state index is -3.86. The second-order valence-corrected chi connectivity index (χ2v) is 10.1. The van der Waals surface area contributed by atoms with Gasteiger partial charge in [-0.05, 0) is 47.4 Å². The molecule has 0 radical (unpaired) electrons. The molecule has 34 heavy (non-hydrogen) atoms. The van der Waals surface area contributed by atoms with Crippen LogP contribution < -0.4 is 9.47 Å². The normalized spacial score (nSPS) is 13.4. The highest BCUT2D eigenvalue weighted by Gasteiger charge is 2.30. The fourth-order valence-corrected chi connectivity index (χ4v) is 5.50. The molecule has 3 aromatic carbocycles. The van der Waals surface area contributed by atoms with Crippen LogP contribution in [0.3, 0.4) is 0 Å². The number of methoxy groups -OCH3 is 2. The van der Waals surface area contributed by atoms with Crippen molar-refractivity contribution in [2.24, 2.45) is 0 Å². The van der Waals surface area contributed by atoms with Gasteiger partial charge in [0.1, 0.15) is 0 Å². The molecule has 0 bridgehead atoms. The highest BCUT2D eigenvalue weighted by Crippen LogP contribution is 2.33. The van der Waals surface area contributed by atoms with E-state index in [-0.39, 0.29) is 23.9 Å². The van der Waals surface area contributed by atoms with Crippen molar-refractivity contribution in [1.82, 2.24) is 9.21 Å². The molecule has 0 spiro atoms. The van der Waals surface area contributed by atoms with Crippen LogP contribution in [0.2, 0.25) is 0 Å². The molecular formula is C26H28N2O5S. The first kappa shape index (κ1) is 23.8. The van der Waals surface area contributed by atoms with Crippen molar-refractivity contribution in [3.8, 4) is 11.5 Å². The van der Waals surface area contributed by atoms with Gasteiger partial charge in [0.25, 0.3) is 0 Å². The van der Waals surface area contributed by atoms with Crippen molar-refractivity contribution >= 4 is 15.9 Å². The number of rotatable bonds is 8. The molecule has 0 aliphatic carbocycles. The van der Waals surface area contributed by atoms with Gasteiger partial charge < -0.3 is 14.4 Å². The lowest BCUT2D eigenvalue weighted by Gasteiger charge is -2.31. The molecule has 7 nitrogen and oxygen atoms in total. The van der Waals surface area contributed by atoms with Gasteiger partial charge in [-0.3, -0.25) is 4.79 Å². The molecule has 0 N–H and O–H groups in total. The number of hydrogen-bond donors (Lipinski definition) is 0. The van der Waals surface area contributed by atoms with Crippen molar-refractivity contribution in [3.63, 3.8) is 0 Å². The Labute approximate surface area is 200 Å². The molecule has 4 rings (SSSR count). The Bertz CT molecular complexity index is 1250. The SMILES string of the molecule is COc1cc2c(cc1OC)CN(C(=O)CN(Cc1ccccc1)S(=O)(=O)c1ccccc1)CC2. The Morgan fingerprint density at radius 3 is 2.12 bits per heavy atom. The maximum absolute atomic E-state index is 13.4. The molecule has 0 fully saturated rings. The van der Waals surface area contributed by atoms with Crippen molar-refractivity contribution < 1.29 is 22.7 Å². The van der Waals surface area contributed by atoms with Crippen LogP contribution in [0.15, 0.2) is 77.7 Å². The Balaban J connectivity index is 1.57. The molecule has 0 atom stereocenters. The van der Waals surface area contributed by atoms with Crippen molar-refractivity contribution in [1.29, 1.82) is 0 Å². The number of benzene rings is 3. The molecule has 0 saturated carbocycles. The van der Waals surface area contributed by atoms with E-state index in [2.05, 4.69) is 0 Å². The third-order valence-electron chi connectivity index (χ3n) is 5.97. The topological polar surface area (TPSA) is 76.2 Å². The molecule has 0 aromatic heterocycles. The Kier molecular flexibility index (Phi) is 7.19. The van der Waals surface area contributed by atoms with Gasteiger partial charge in [-0.2, -0.15) is 4.31 Å². The zero-order valence-electron chi connectivity index (χ0n) is 19.3. The summed E-state index contributed by atoms with van der Waals surface area (Å²) in [5.74, 6) is 1.02. The van der Waals surface area contributed by atoms with E-state index < -0.39 is 10.0 Å². The van der Waals surface area contributed by atoms with Gasteiger partial charge >= 0.3 is 0 Å². The Hall–Kier alpha value is -3.36. The van der Waals surface area contributed by atoms with E-state index in [1.807, 2.05) is 42.5 Å². The first-order valence-electron chi connectivity index (χ1n) is 11.0. The minimum Gasteiger partial charge on any atom is -0.493 e. The Morgan fingerprint density at radius 2 is 1.50 bits per heavy atom. The van der Waals surface area contributed by atoms with E-state index in [9.17, 15) is 13.2 Å². The lowest BCUT2D eigenvalue weighted by atomic mass is 9.98. The summed E-state index contributed by atoms with van der Waals surface area (Å²) in [6, 6.07) is 21.3. The van der Waals surface area contributed by atoms with Crippen LogP contribution >= 0.6 is 0 Å². The van der Waals surface area contributed by atoms with E-state index >= 15 is 0 Å². The van der Waals surface area contributed by atoms with Gasteiger partial charge in [-0.15, -0.1) is 0 Å². The molecular weight excluding hydrogens is 452 g/mol. The van der Waals surface area contributed by atoms with Crippen LogP contribution in [0.5, 0.6) is 11.5 Å². The van der Waals surface area contributed by atoms with Crippen LogP contribution in [0.1, 0.15) is 16.7 Å². The number of nitrogens with zero attached hydrogens (tertiary/aromatic N) is 2. The predicted octanol–water partition coefficient (Wildman–Crippen LogP) is 3.48. The zero-order chi connectivity index (χ0) is 24.1. The molecule has 1 amide bonds. The van der Waals surface area contributed by atoms with Gasteiger partial charge in [-0.1, -0.05) is 48.5 Å². The predicted molar refractivity (Wildman–Crippen MR) is 129 cm³/mol. The summed E-state index contributed by atoms with van der Waals surface area (Å²) >= 11 is 0. The average Bonchev–Trinajstić information content (AvgIpc) is 2.88. The molecule has 178 valence electrons. The summed E-state index contributed by atoms with van der Waals surface area (Å²) in [6.45, 7) is 0.763. The fraction of sp³-hybridized carbons (Fsp3) is 0.269. The summed E-state index contributed by atoms with van der Waals surface area (Å²) < 4.78 is 38.9. The van der Waals surface area contributed by atoms with Crippen LogP contribution in [0, 0.1) is 0 Å². The number of ether oxygens (including phenoxy) is 2. The Morgan fingerprint density at radius 1 is 0.912 bits per heavy atom. The van der Waals surface area contributed by atoms with Gasteiger partial charge in [0.15, 0.2) is 11.5 Å². The van der Waals surface area contributed by atoms with Crippen LogP contribution in [0.4, 0.5) is 0 Å². The third kappa shape index (κ3) is 5.08. The van der Waals surface area contributed by atoms with Gasteiger partial charge in [0.05, 0.1) is 25.7 Å². The highest BCUT2D eigenvalue weighted by atomic mass is 32.2. The van der Waals surface area contributed by atoms with Gasteiger partial charge in [0.2, 0.25) is 15.9 Å². The van der Waals surface area contributed by atoms with E-state index in [1.165, 1.54) is 4.31 Å². The zero-order valence-corrected chi connectivity index (χ0v) is 20.1. The maximum Gasteiger partial charge on any atom is 0.243 e. The van der Waals surface area contributed by atoms with E-state index in [0.29, 0.717) is 31.0 Å². The second-order valence-electron chi connectivity index (χ2n) is 8.11. The summed E-state index contributed by atoms with van der Waals surface area (Å²) in [7, 11) is -0.694. The van der Waals surface area contributed by atoms with Crippen LogP contribution in [-0.2, 0) is 34.3 Å². The summed E-state index contributed by atoms with van der Waals surface area (Å²) in [6.07, 6.45) is 0.658. The second kappa shape index (κ2) is 10.3. The number of fused-ring (bicyclic) bond motifs is 1. The first-order valence-corrected chi connectivity index (χ1v) is 12.5. The largest absolute Gasteiger partial charge is 0.493 e. The molecule has 0 saturated heterocycles. The summed E-state index contributed by atoms with van der Waals surface area (Å²) in [4.78, 5) is 15.2. The van der Waals surface area contributed by atoms with E-state index in [0.717, 1.165) is 16.7 Å². The molecule has 1 aliphatic rings. The van der Waals surface area contributed by atoms with Gasteiger partial charge in [-0.25, -0.2) is 8.42 Å². The van der Waals surface area contributed by atoms with Crippen molar-refractivity contribution in [2.45, 2.75) is 24.4 Å². The van der Waals surface area contributed by atoms with E-state index in [1.54, 1.807) is 49.5 Å². The van der Waals surface area contributed by atoms with Crippen LogP contribution in [0.25, 0.3) is 0 Å². The number of amides is 1. The van der Waals surface area contributed by atoms with Crippen molar-refractivity contribution in [3.05, 3.63) is 89.5 Å². The maximum atomic E-state index is 13.4. The molecule has 0 unspecified atom stereocenters. The third-order valence-corrected chi connectivity index (χ3v) is 7.77. The van der Waals surface area contributed by atoms with Crippen molar-refractivity contribution in [2.75, 3.05) is 27.3 Å². The summed E-state index contributed by atoms with van der Waals surface area (Å²) in [5, 5.41) is 0. The standard InChI is InChI=1S/C26H28N2O5S/c1-32-24-15-21-13-14-27(18-22(21)16-25(24)33-2)26(29)19-28(17-20-9-5-3-6-10-20)34(30,31)23-11-7-4-8-12-23/h3-12,15-16H,13-14,17-19H2,1-2H3. The quantitative estimate of drug-likeness (QED) is 0.493. The summed E-state index contributed by atoms with van der Waals surface area (Å²) in [5.41, 5.74) is 2.88. The molecule has 1 heterocycles.